The first-order valence-corrected chi connectivity index (χ1v) is 8.07. The van der Waals surface area contributed by atoms with Gasteiger partial charge in [-0.05, 0) is 19.8 Å². The minimum absolute atomic E-state index is 0. The third kappa shape index (κ3) is 4.69. The molecule has 0 aliphatic heterocycles. The molecule has 6 nitrogen and oxygen atoms in total. The SMILES string of the molecule is Cc1nc(-c2cnn(C)c2)sc1C(=O)NC(C)(CN)C(C)C.Cl.Cl. The second-order valence-corrected chi connectivity index (χ2v) is 7.07. The van der Waals surface area contributed by atoms with E-state index in [0.29, 0.717) is 11.4 Å². The van der Waals surface area contributed by atoms with E-state index in [2.05, 4.69) is 15.4 Å². The molecule has 0 aliphatic rings. The van der Waals surface area contributed by atoms with E-state index in [1.54, 1.807) is 10.9 Å². The van der Waals surface area contributed by atoms with Crippen molar-refractivity contribution in [2.24, 2.45) is 18.7 Å². The molecule has 0 aromatic carbocycles. The number of nitrogens with two attached hydrogens (primary N) is 1. The quantitative estimate of drug-likeness (QED) is 0.817. The summed E-state index contributed by atoms with van der Waals surface area (Å²) in [5.41, 5.74) is 7.05. The summed E-state index contributed by atoms with van der Waals surface area (Å²) in [6.07, 6.45) is 3.64. The molecule has 2 rings (SSSR count). The number of amides is 1. The van der Waals surface area contributed by atoms with Crippen LogP contribution in [-0.2, 0) is 7.05 Å². The Labute approximate surface area is 159 Å². The van der Waals surface area contributed by atoms with Gasteiger partial charge < -0.3 is 11.1 Å². The third-order valence-electron chi connectivity index (χ3n) is 4.05. The van der Waals surface area contributed by atoms with Crippen LogP contribution in [0.25, 0.3) is 10.6 Å². The van der Waals surface area contributed by atoms with Gasteiger partial charge in [-0.2, -0.15) is 5.10 Å². The highest BCUT2D eigenvalue weighted by atomic mass is 35.5. The van der Waals surface area contributed by atoms with Crippen molar-refractivity contribution in [3.8, 4) is 10.6 Å². The maximum Gasteiger partial charge on any atom is 0.263 e. The van der Waals surface area contributed by atoms with Gasteiger partial charge in [-0.25, -0.2) is 4.98 Å². The molecule has 0 fully saturated rings. The van der Waals surface area contributed by atoms with E-state index in [-0.39, 0.29) is 36.6 Å². The molecule has 24 heavy (non-hydrogen) atoms. The van der Waals surface area contributed by atoms with E-state index in [1.807, 2.05) is 40.9 Å². The van der Waals surface area contributed by atoms with Crippen molar-refractivity contribution in [1.82, 2.24) is 20.1 Å². The van der Waals surface area contributed by atoms with Crippen LogP contribution in [0.15, 0.2) is 12.4 Å². The van der Waals surface area contributed by atoms with Crippen LogP contribution < -0.4 is 11.1 Å². The molecular weight excluding hydrogens is 369 g/mol. The molecule has 1 amide bonds. The van der Waals surface area contributed by atoms with Gasteiger partial charge in [0, 0.05) is 25.4 Å². The van der Waals surface area contributed by atoms with Gasteiger partial charge in [-0.3, -0.25) is 9.48 Å². The van der Waals surface area contributed by atoms with Crippen molar-refractivity contribution in [3.05, 3.63) is 23.0 Å². The number of carbonyl (C=O) groups excluding carboxylic acids is 1. The van der Waals surface area contributed by atoms with Crippen molar-refractivity contribution < 1.29 is 4.79 Å². The first kappa shape index (κ1) is 22.9. The lowest BCUT2D eigenvalue weighted by Crippen LogP contribution is -2.54. The lowest BCUT2D eigenvalue weighted by Gasteiger charge is -2.33. The Morgan fingerprint density at radius 1 is 1.46 bits per heavy atom. The van der Waals surface area contributed by atoms with Crippen molar-refractivity contribution >= 4 is 42.1 Å². The number of thiazole rings is 1. The first-order valence-electron chi connectivity index (χ1n) is 7.26. The number of hydrogen-bond acceptors (Lipinski definition) is 5. The van der Waals surface area contributed by atoms with Crippen LogP contribution in [0, 0.1) is 12.8 Å². The van der Waals surface area contributed by atoms with Crippen LogP contribution in [0.2, 0.25) is 0 Å². The van der Waals surface area contributed by atoms with Gasteiger partial charge in [0.2, 0.25) is 0 Å². The molecule has 136 valence electrons. The Hall–Kier alpha value is -1.15. The Bertz CT molecular complexity index is 685. The molecule has 2 aromatic heterocycles. The Morgan fingerprint density at radius 2 is 2.08 bits per heavy atom. The highest BCUT2D eigenvalue weighted by Crippen LogP contribution is 2.28. The normalized spacial score (nSPS) is 13.0. The van der Waals surface area contributed by atoms with Gasteiger partial charge in [0.15, 0.2) is 0 Å². The van der Waals surface area contributed by atoms with Crippen molar-refractivity contribution in [2.45, 2.75) is 33.2 Å². The summed E-state index contributed by atoms with van der Waals surface area (Å²) in [6, 6.07) is 0. The van der Waals surface area contributed by atoms with E-state index in [1.165, 1.54) is 11.3 Å². The summed E-state index contributed by atoms with van der Waals surface area (Å²) in [6.45, 7) is 8.31. The Morgan fingerprint density at radius 3 is 2.54 bits per heavy atom. The van der Waals surface area contributed by atoms with Gasteiger partial charge >= 0.3 is 0 Å². The number of rotatable bonds is 5. The molecule has 2 aromatic rings. The van der Waals surface area contributed by atoms with Crippen LogP contribution in [0.1, 0.15) is 36.1 Å². The molecule has 1 unspecified atom stereocenters. The zero-order valence-electron chi connectivity index (χ0n) is 14.5. The molecular formula is C15H25Cl2N5OS. The number of aromatic nitrogens is 3. The van der Waals surface area contributed by atoms with Gasteiger partial charge in [0.25, 0.3) is 5.91 Å². The maximum atomic E-state index is 12.6. The minimum atomic E-state index is -0.429. The summed E-state index contributed by atoms with van der Waals surface area (Å²) in [4.78, 5) is 17.7. The van der Waals surface area contributed by atoms with Crippen LogP contribution in [0.4, 0.5) is 0 Å². The smallest absolute Gasteiger partial charge is 0.263 e. The van der Waals surface area contributed by atoms with E-state index in [4.69, 9.17) is 5.73 Å². The van der Waals surface area contributed by atoms with Gasteiger partial charge in [0.05, 0.1) is 17.4 Å². The zero-order valence-corrected chi connectivity index (χ0v) is 16.9. The number of nitrogens with zero attached hydrogens (tertiary/aromatic N) is 3. The third-order valence-corrected chi connectivity index (χ3v) is 5.26. The Kier molecular flexibility index (Phi) is 8.38. The van der Waals surface area contributed by atoms with E-state index >= 15 is 0 Å². The highest BCUT2D eigenvalue weighted by Gasteiger charge is 2.30. The summed E-state index contributed by atoms with van der Waals surface area (Å²) in [5, 5.41) is 7.99. The molecule has 9 heteroatoms. The predicted molar refractivity (Wildman–Crippen MR) is 103 cm³/mol. The van der Waals surface area contributed by atoms with E-state index in [0.717, 1.165) is 16.3 Å². The van der Waals surface area contributed by atoms with Crippen LogP contribution in [0.3, 0.4) is 0 Å². The minimum Gasteiger partial charge on any atom is -0.345 e. The standard InChI is InChI=1S/C15H23N5OS.2ClH/c1-9(2)15(4,8-16)19-13(21)12-10(3)18-14(22-12)11-6-17-20(5)7-11;;/h6-7,9H,8,16H2,1-5H3,(H,19,21);2*1H. The summed E-state index contributed by atoms with van der Waals surface area (Å²) in [7, 11) is 1.85. The van der Waals surface area contributed by atoms with E-state index < -0.39 is 5.54 Å². The summed E-state index contributed by atoms with van der Waals surface area (Å²) >= 11 is 1.38. The van der Waals surface area contributed by atoms with Gasteiger partial charge in [-0.1, -0.05) is 13.8 Å². The highest BCUT2D eigenvalue weighted by molar-refractivity contribution is 7.17. The molecule has 2 heterocycles. The fourth-order valence-electron chi connectivity index (χ4n) is 2.01. The molecule has 0 bridgehead atoms. The number of aryl methyl sites for hydroxylation is 2. The Balaban J connectivity index is 0.00000264. The van der Waals surface area contributed by atoms with Crippen molar-refractivity contribution in [1.29, 1.82) is 0 Å². The second kappa shape index (κ2) is 8.80. The molecule has 0 spiro atoms. The zero-order chi connectivity index (χ0) is 16.5. The average Bonchev–Trinajstić information content (AvgIpc) is 3.04. The lowest BCUT2D eigenvalue weighted by atomic mass is 9.88. The van der Waals surface area contributed by atoms with Crippen LogP contribution >= 0.6 is 36.2 Å². The molecule has 0 aliphatic carbocycles. The number of halogens is 2. The fourth-order valence-corrected chi connectivity index (χ4v) is 2.95. The molecule has 1 atom stereocenters. The summed E-state index contributed by atoms with van der Waals surface area (Å²) < 4.78 is 1.72. The average molecular weight is 394 g/mol. The van der Waals surface area contributed by atoms with Gasteiger partial charge in [0.1, 0.15) is 9.88 Å². The largest absolute Gasteiger partial charge is 0.345 e. The second-order valence-electron chi connectivity index (χ2n) is 6.07. The van der Waals surface area contributed by atoms with Crippen LogP contribution in [-0.4, -0.2) is 32.8 Å². The van der Waals surface area contributed by atoms with Crippen LogP contribution in [0.5, 0.6) is 0 Å². The topological polar surface area (TPSA) is 85.8 Å². The number of carbonyl (C=O) groups is 1. The maximum absolute atomic E-state index is 12.6. The molecule has 0 radical (unpaired) electrons. The fraction of sp³-hybridized carbons (Fsp3) is 0.533. The molecule has 0 saturated carbocycles. The summed E-state index contributed by atoms with van der Waals surface area (Å²) in [5.74, 6) is 0.124. The first-order chi connectivity index (χ1) is 10.3. The number of hydrogen-bond donors (Lipinski definition) is 2. The predicted octanol–water partition coefficient (Wildman–Crippen LogP) is 2.80. The van der Waals surface area contributed by atoms with E-state index in [9.17, 15) is 4.79 Å². The molecule has 3 N–H and O–H groups in total. The lowest BCUT2D eigenvalue weighted by molar-refractivity contribution is 0.0886. The number of nitrogens with one attached hydrogen (secondary N) is 1. The van der Waals surface area contributed by atoms with Crippen molar-refractivity contribution in [3.63, 3.8) is 0 Å². The monoisotopic (exact) mass is 393 g/mol. The van der Waals surface area contributed by atoms with Gasteiger partial charge in [-0.15, -0.1) is 36.2 Å². The molecule has 0 saturated heterocycles. The van der Waals surface area contributed by atoms with Crippen molar-refractivity contribution in [2.75, 3.05) is 6.54 Å².